The van der Waals surface area contributed by atoms with Crippen LogP contribution in [0.25, 0.3) is 22.0 Å². The van der Waals surface area contributed by atoms with Gasteiger partial charge in [0.05, 0.1) is 27.6 Å². The monoisotopic (exact) mass is 386 g/mol. The molecule has 0 saturated carbocycles. The summed E-state index contributed by atoms with van der Waals surface area (Å²) in [5.41, 5.74) is 5.85. The van der Waals surface area contributed by atoms with Crippen molar-refractivity contribution in [3.63, 3.8) is 0 Å². The Hall–Kier alpha value is -2.20. The van der Waals surface area contributed by atoms with Gasteiger partial charge >= 0.3 is 0 Å². The summed E-state index contributed by atoms with van der Waals surface area (Å²) in [6.07, 6.45) is 1.33. The number of halogens is 2. The second-order valence-electron chi connectivity index (χ2n) is 4.73. The number of nitrogens with two attached hydrogens (primary N) is 1. The Morgan fingerprint density at radius 2 is 1.88 bits per heavy atom. The van der Waals surface area contributed by atoms with Crippen molar-refractivity contribution >= 4 is 49.8 Å². The van der Waals surface area contributed by atoms with Crippen LogP contribution < -0.4 is 5.73 Å². The number of aromatic nitrogens is 3. The van der Waals surface area contributed by atoms with Gasteiger partial charge in [0.2, 0.25) is 0 Å². The summed E-state index contributed by atoms with van der Waals surface area (Å²) >= 11 is 12.2. The Bertz CT molecular complexity index is 1070. The molecule has 0 saturated heterocycles. The molecule has 124 valence electrons. The first kappa shape index (κ1) is 16.7. The average Bonchev–Trinajstić information content (AvgIpc) is 2.52. The molecular formula is C13H8Cl2N4O4S. The van der Waals surface area contributed by atoms with Gasteiger partial charge < -0.3 is 10.8 Å². The van der Waals surface area contributed by atoms with Gasteiger partial charge in [-0.2, -0.15) is 8.42 Å². The fourth-order valence-electron chi connectivity index (χ4n) is 2.39. The molecule has 0 radical (unpaired) electrons. The van der Waals surface area contributed by atoms with E-state index >= 15 is 0 Å². The smallest absolute Gasteiger partial charge is 0.298 e. The SMILES string of the molecule is Nc1c(O)c(S(=O)(=O)O)c2ccc(Cl)c(Cl)c2c1-c1ccnnn1. The van der Waals surface area contributed by atoms with Crippen LogP contribution in [0.3, 0.4) is 0 Å². The van der Waals surface area contributed by atoms with Crippen LogP contribution in [0.4, 0.5) is 5.69 Å². The minimum absolute atomic E-state index is 0.0145. The topological polar surface area (TPSA) is 139 Å². The van der Waals surface area contributed by atoms with Crippen LogP contribution in [0.5, 0.6) is 5.75 Å². The number of nitrogen functional groups attached to an aromatic ring is 1. The molecule has 0 atom stereocenters. The van der Waals surface area contributed by atoms with E-state index in [1.165, 1.54) is 24.4 Å². The minimum atomic E-state index is -4.79. The van der Waals surface area contributed by atoms with Crippen molar-refractivity contribution in [1.29, 1.82) is 0 Å². The molecule has 0 aliphatic rings. The number of benzene rings is 2. The standard InChI is InChI=1S/C13H8Cl2N4O4S/c14-6-2-1-5-8(10(6)15)9(7-3-4-17-19-18-7)11(16)12(20)13(5)24(21,22)23/h1-4,20H,16H2,(H,21,22,23). The van der Waals surface area contributed by atoms with E-state index in [9.17, 15) is 18.1 Å². The third-order valence-electron chi connectivity index (χ3n) is 3.35. The van der Waals surface area contributed by atoms with E-state index in [4.69, 9.17) is 28.9 Å². The van der Waals surface area contributed by atoms with Crippen LogP contribution in [0.1, 0.15) is 0 Å². The Morgan fingerprint density at radius 3 is 2.46 bits per heavy atom. The summed E-state index contributed by atoms with van der Waals surface area (Å²) in [5.74, 6) is -0.822. The Labute approximate surface area is 145 Å². The molecule has 0 spiro atoms. The van der Waals surface area contributed by atoms with E-state index in [0.717, 1.165) is 0 Å². The molecule has 3 aromatic rings. The van der Waals surface area contributed by atoms with Gasteiger partial charge in [-0.05, 0) is 17.3 Å². The van der Waals surface area contributed by atoms with Gasteiger partial charge in [-0.1, -0.05) is 29.3 Å². The van der Waals surface area contributed by atoms with E-state index in [0.29, 0.717) is 0 Å². The summed E-state index contributed by atoms with van der Waals surface area (Å²) < 4.78 is 32.8. The summed E-state index contributed by atoms with van der Waals surface area (Å²) in [6.45, 7) is 0. The fourth-order valence-corrected chi connectivity index (χ4v) is 3.61. The van der Waals surface area contributed by atoms with Crippen molar-refractivity contribution in [1.82, 2.24) is 15.4 Å². The second-order valence-corrected chi connectivity index (χ2v) is 6.87. The lowest BCUT2D eigenvalue weighted by Crippen LogP contribution is -2.05. The van der Waals surface area contributed by atoms with E-state index in [1.54, 1.807) is 0 Å². The highest BCUT2D eigenvalue weighted by Gasteiger charge is 2.28. The first-order valence-corrected chi connectivity index (χ1v) is 8.47. The average molecular weight is 387 g/mol. The normalized spacial score (nSPS) is 11.8. The fraction of sp³-hybridized carbons (Fsp3) is 0. The molecule has 0 unspecified atom stereocenters. The molecule has 24 heavy (non-hydrogen) atoms. The molecule has 0 amide bonds. The molecule has 3 rings (SSSR count). The lowest BCUT2D eigenvalue weighted by molar-refractivity contribution is 0.447. The molecule has 0 aliphatic heterocycles. The number of rotatable bonds is 2. The van der Waals surface area contributed by atoms with Gasteiger partial charge in [0, 0.05) is 16.3 Å². The summed E-state index contributed by atoms with van der Waals surface area (Å²) in [5, 5.41) is 21.2. The lowest BCUT2D eigenvalue weighted by atomic mass is 9.99. The Morgan fingerprint density at radius 1 is 1.17 bits per heavy atom. The zero-order valence-corrected chi connectivity index (χ0v) is 13.9. The van der Waals surface area contributed by atoms with Gasteiger partial charge in [0.15, 0.2) is 5.75 Å². The molecule has 0 aliphatic carbocycles. The molecule has 11 heteroatoms. The third kappa shape index (κ3) is 2.51. The van der Waals surface area contributed by atoms with Crippen molar-refractivity contribution in [3.05, 3.63) is 34.4 Å². The number of nitrogens with zero attached hydrogens (tertiary/aromatic N) is 3. The van der Waals surface area contributed by atoms with E-state index in [2.05, 4.69) is 15.4 Å². The van der Waals surface area contributed by atoms with Crippen LogP contribution in [0.2, 0.25) is 10.0 Å². The lowest BCUT2D eigenvalue weighted by Gasteiger charge is -2.16. The molecule has 0 fully saturated rings. The number of hydrogen-bond acceptors (Lipinski definition) is 7. The van der Waals surface area contributed by atoms with Gasteiger partial charge in [0.1, 0.15) is 4.90 Å². The van der Waals surface area contributed by atoms with Gasteiger partial charge in [-0.3, -0.25) is 4.55 Å². The Kier molecular flexibility index (Phi) is 3.96. The highest BCUT2D eigenvalue weighted by Crippen LogP contribution is 2.47. The van der Waals surface area contributed by atoms with Crippen LogP contribution in [0.15, 0.2) is 29.3 Å². The maximum atomic E-state index is 11.7. The Balaban J connectivity index is 2.64. The molecule has 0 bridgehead atoms. The van der Waals surface area contributed by atoms with Crippen LogP contribution in [0, 0.1) is 0 Å². The maximum Gasteiger partial charge on any atom is 0.298 e. The van der Waals surface area contributed by atoms with E-state index in [-0.39, 0.29) is 37.8 Å². The number of hydrogen-bond donors (Lipinski definition) is 3. The highest BCUT2D eigenvalue weighted by molar-refractivity contribution is 7.86. The van der Waals surface area contributed by atoms with Crippen molar-refractivity contribution in [2.24, 2.45) is 0 Å². The minimum Gasteiger partial charge on any atom is -0.504 e. The first-order valence-electron chi connectivity index (χ1n) is 6.27. The van der Waals surface area contributed by atoms with Crippen molar-refractivity contribution in [2.75, 3.05) is 5.73 Å². The van der Waals surface area contributed by atoms with Gasteiger partial charge in [-0.15, -0.1) is 10.2 Å². The van der Waals surface area contributed by atoms with Crippen LogP contribution in [-0.4, -0.2) is 33.5 Å². The summed E-state index contributed by atoms with van der Waals surface area (Å²) in [7, 11) is -4.79. The molecule has 1 aromatic heterocycles. The third-order valence-corrected chi connectivity index (χ3v) is 5.08. The first-order chi connectivity index (χ1) is 11.2. The number of anilines is 1. The molecule has 8 nitrogen and oxygen atoms in total. The van der Waals surface area contributed by atoms with E-state index < -0.39 is 20.8 Å². The molecular weight excluding hydrogens is 379 g/mol. The van der Waals surface area contributed by atoms with Crippen molar-refractivity contribution in [3.8, 4) is 17.0 Å². The van der Waals surface area contributed by atoms with Crippen molar-refractivity contribution in [2.45, 2.75) is 4.90 Å². The van der Waals surface area contributed by atoms with Crippen LogP contribution >= 0.6 is 23.2 Å². The predicted molar refractivity (Wildman–Crippen MR) is 88.7 cm³/mol. The summed E-state index contributed by atoms with van der Waals surface area (Å²) in [6, 6.07) is 4.07. The number of fused-ring (bicyclic) bond motifs is 1. The quantitative estimate of drug-likeness (QED) is 0.346. The van der Waals surface area contributed by atoms with Crippen LogP contribution in [-0.2, 0) is 10.1 Å². The summed E-state index contributed by atoms with van der Waals surface area (Å²) in [4.78, 5) is -0.765. The van der Waals surface area contributed by atoms with E-state index in [1.807, 2.05) is 0 Å². The molecule has 1 heterocycles. The number of phenolic OH excluding ortho intramolecular Hbond substituents is 1. The zero-order valence-electron chi connectivity index (χ0n) is 11.6. The number of aromatic hydroxyl groups is 1. The largest absolute Gasteiger partial charge is 0.504 e. The molecule has 2 aromatic carbocycles. The highest BCUT2D eigenvalue weighted by atomic mass is 35.5. The van der Waals surface area contributed by atoms with Gasteiger partial charge in [0.25, 0.3) is 10.1 Å². The van der Waals surface area contributed by atoms with Crippen molar-refractivity contribution < 1.29 is 18.1 Å². The zero-order chi connectivity index (χ0) is 17.6. The second kappa shape index (κ2) is 5.71. The predicted octanol–water partition coefficient (Wildman–Crippen LogP) is 2.53. The van der Waals surface area contributed by atoms with Gasteiger partial charge in [-0.25, -0.2) is 0 Å². The number of phenols is 1. The molecule has 4 N–H and O–H groups in total. The maximum absolute atomic E-state index is 11.7.